The van der Waals surface area contributed by atoms with Crippen LogP contribution in [0.3, 0.4) is 0 Å². The first kappa shape index (κ1) is 14.9. The van der Waals surface area contributed by atoms with E-state index in [1.54, 1.807) is 7.05 Å². The fourth-order valence-electron chi connectivity index (χ4n) is 1.53. The molecule has 0 amide bonds. The van der Waals surface area contributed by atoms with Crippen molar-refractivity contribution >= 4 is 21.6 Å². The molecule has 0 saturated carbocycles. The number of nitrogens with one attached hydrogen (secondary N) is 1. The topological polar surface area (TPSA) is 97.1 Å². The van der Waals surface area contributed by atoms with Gasteiger partial charge < -0.3 is 5.11 Å². The van der Waals surface area contributed by atoms with Gasteiger partial charge in [0.25, 0.3) is 0 Å². The summed E-state index contributed by atoms with van der Waals surface area (Å²) in [6.07, 6.45) is 1.48. The molecule has 108 valence electrons. The Morgan fingerprint density at radius 3 is 2.75 bits per heavy atom. The minimum Gasteiger partial charge on any atom is -0.392 e. The summed E-state index contributed by atoms with van der Waals surface area (Å²) in [5.74, 6) is 0.370. The maximum atomic E-state index is 12.1. The van der Waals surface area contributed by atoms with Crippen LogP contribution in [-0.4, -0.2) is 28.3 Å². The second-order valence-corrected chi connectivity index (χ2v) is 6.24. The minimum atomic E-state index is -3.70. The lowest BCUT2D eigenvalue weighted by Gasteiger charge is -2.07. The van der Waals surface area contributed by atoms with E-state index in [9.17, 15) is 8.42 Å². The van der Waals surface area contributed by atoms with Crippen LogP contribution in [0.5, 0.6) is 0 Å². The fraction of sp³-hybridized carbons (Fsp3) is 0.273. The predicted octanol–water partition coefficient (Wildman–Crippen LogP) is 0.439. The average Bonchev–Trinajstić information content (AvgIpc) is 2.82. The number of aromatic nitrogens is 3. The Bertz CT molecular complexity index is 714. The van der Waals surface area contributed by atoms with Crippen LogP contribution in [0.4, 0.5) is 0 Å². The summed E-state index contributed by atoms with van der Waals surface area (Å²) < 4.78 is 28.0. The monoisotopic (exact) mass is 316 g/mol. The van der Waals surface area contributed by atoms with Gasteiger partial charge in [0.1, 0.15) is 6.33 Å². The number of sulfonamides is 1. The highest BCUT2D eigenvalue weighted by Gasteiger charge is 2.16. The molecule has 0 spiro atoms. The highest BCUT2D eigenvalue weighted by atomic mass is 35.5. The van der Waals surface area contributed by atoms with Crippen LogP contribution in [0.2, 0.25) is 5.02 Å². The minimum absolute atomic E-state index is 0.0114. The Kier molecular flexibility index (Phi) is 4.39. The number of benzene rings is 1. The second kappa shape index (κ2) is 5.88. The van der Waals surface area contributed by atoms with Gasteiger partial charge in [-0.1, -0.05) is 17.7 Å². The van der Waals surface area contributed by atoms with Gasteiger partial charge in [0, 0.05) is 12.1 Å². The molecule has 2 N–H and O–H groups in total. The molecule has 0 aliphatic rings. The first-order valence-electron chi connectivity index (χ1n) is 5.66. The number of aryl methyl sites for hydroxylation is 1. The second-order valence-electron chi connectivity index (χ2n) is 4.07. The highest BCUT2D eigenvalue weighted by molar-refractivity contribution is 7.89. The lowest BCUT2D eigenvalue weighted by Crippen LogP contribution is -2.24. The number of hydrogen-bond donors (Lipinski definition) is 2. The molecule has 0 unspecified atom stereocenters. The van der Waals surface area contributed by atoms with E-state index in [1.165, 1.54) is 29.2 Å². The summed E-state index contributed by atoms with van der Waals surface area (Å²) in [6, 6.07) is 4.14. The van der Waals surface area contributed by atoms with Gasteiger partial charge in [0.15, 0.2) is 5.82 Å². The van der Waals surface area contributed by atoms with Crippen molar-refractivity contribution in [2.45, 2.75) is 18.0 Å². The molecule has 0 atom stereocenters. The summed E-state index contributed by atoms with van der Waals surface area (Å²) in [5, 5.41) is 13.2. The predicted molar refractivity (Wildman–Crippen MR) is 72.4 cm³/mol. The molecule has 1 aromatic carbocycles. The lowest BCUT2D eigenvalue weighted by molar-refractivity contribution is 0.282. The van der Waals surface area contributed by atoms with Crippen molar-refractivity contribution in [1.29, 1.82) is 0 Å². The SMILES string of the molecule is Cn1cnc(CNS(=O)(=O)c2ccc(CO)c(Cl)c2)n1. The first-order valence-corrected chi connectivity index (χ1v) is 7.52. The summed E-state index contributed by atoms with van der Waals surface area (Å²) in [4.78, 5) is 3.95. The third-order valence-corrected chi connectivity index (χ3v) is 4.32. The average molecular weight is 317 g/mol. The molecule has 7 nitrogen and oxygen atoms in total. The smallest absolute Gasteiger partial charge is 0.241 e. The van der Waals surface area contributed by atoms with Crippen molar-refractivity contribution < 1.29 is 13.5 Å². The van der Waals surface area contributed by atoms with E-state index < -0.39 is 10.0 Å². The third-order valence-electron chi connectivity index (χ3n) is 2.57. The van der Waals surface area contributed by atoms with Crippen molar-refractivity contribution in [3.05, 3.63) is 40.9 Å². The van der Waals surface area contributed by atoms with Gasteiger partial charge in [0.05, 0.1) is 18.0 Å². The van der Waals surface area contributed by atoms with Gasteiger partial charge >= 0.3 is 0 Å². The molecule has 1 heterocycles. The zero-order valence-corrected chi connectivity index (χ0v) is 12.2. The Morgan fingerprint density at radius 2 is 2.20 bits per heavy atom. The van der Waals surface area contributed by atoms with E-state index >= 15 is 0 Å². The number of nitrogens with zero attached hydrogens (tertiary/aromatic N) is 3. The third kappa shape index (κ3) is 3.34. The summed E-state index contributed by atoms with van der Waals surface area (Å²) in [5.41, 5.74) is 0.469. The molecule has 0 saturated heterocycles. The molecule has 0 aliphatic carbocycles. The van der Waals surface area contributed by atoms with E-state index in [2.05, 4.69) is 14.8 Å². The van der Waals surface area contributed by atoms with Crippen LogP contribution < -0.4 is 4.72 Å². The molecular formula is C11H13ClN4O3S. The Balaban J connectivity index is 2.15. The highest BCUT2D eigenvalue weighted by Crippen LogP contribution is 2.20. The van der Waals surface area contributed by atoms with Crippen LogP contribution in [-0.2, 0) is 30.2 Å². The molecule has 1 aromatic heterocycles. The molecule has 0 fully saturated rings. The lowest BCUT2D eigenvalue weighted by atomic mass is 10.2. The van der Waals surface area contributed by atoms with Crippen molar-refractivity contribution in [2.75, 3.05) is 0 Å². The number of hydrogen-bond acceptors (Lipinski definition) is 5. The van der Waals surface area contributed by atoms with E-state index in [1.807, 2.05) is 0 Å². The van der Waals surface area contributed by atoms with Gasteiger partial charge in [-0.15, -0.1) is 0 Å². The molecule has 2 aromatic rings. The number of aliphatic hydroxyl groups is 1. The number of aliphatic hydroxyl groups excluding tert-OH is 1. The van der Waals surface area contributed by atoms with E-state index in [-0.39, 0.29) is 23.1 Å². The van der Waals surface area contributed by atoms with Crippen LogP contribution in [0, 0.1) is 0 Å². The van der Waals surface area contributed by atoms with Crippen LogP contribution in [0.15, 0.2) is 29.4 Å². The Hall–Kier alpha value is -1.48. The Morgan fingerprint density at radius 1 is 1.45 bits per heavy atom. The Labute approximate surface area is 121 Å². The first-order chi connectivity index (χ1) is 9.42. The molecule has 0 aliphatic heterocycles. The molecule has 0 radical (unpaired) electrons. The fourth-order valence-corrected chi connectivity index (χ4v) is 2.84. The molecule has 2 rings (SSSR count). The van der Waals surface area contributed by atoms with Crippen molar-refractivity contribution in [3.8, 4) is 0 Å². The molecule has 9 heteroatoms. The van der Waals surface area contributed by atoms with Crippen molar-refractivity contribution in [3.63, 3.8) is 0 Å². The molecular weight excluding hydrogens is 304 g/mol. The largest absolute Gasteiger partial charge is 0.392 e. The van der Waals surface area contributed by atoms with Gasteiger partial charge in [-0.05, 0) is 17.7 Å². The zero-order valence-electron chi connectivity index (χ0n) is 10.6. The van der Waals surface area contributed by atoms with Gasteiger partial charge in [-0.2, -0.15) is 5.10 Å². The summed E-state index contributed by atoms with van der Waals surface area (Å²) in [6.45, 7) is -0.257. The van der Waals surface area contributed by atoms with E-state index in [4.69, 9.17) is 16.7 Å². The summed E-state index contributed by atoms with van der Waals surface area (Å²) in [7, 11) is -2.01. The normalized spacial score (nSPS) is 11.8. The quantitative estimate of drug-likeness (QED) is 0.834. The van der Waals surface area contributed by atoms with Gasteiger partial charge in [-0.25, -0.2) is 18.1 Å². The van der Waals surface area contributed by atoms with Crippen LogP contribution in [0.1, 0.15) is 11.4 Å². The van der Waals surface area contributed by atoms with Gasteiger partial charge in [0.2, 0.25) is 10.0 Å². The maximum Gasteiger partial charge on any atom is 0.241 e. The van der Waals surface area contributed by atoms with Crippen LogP contribution in [0.25, 0.3) is 0 Å². The van der Waals surface area contributed by atoms with Crippen LogP contribution >= 0.6 is 11.6 Å². The van der Waals surface area contributed by atoms with E-state index in [0.29, 0.717) is 11.4 Å². The summed E-state index contributed by atoms with van der Waals surface area (Å²) >= 11 is 5.88. The molecule has 0 bridgehead atoms. The van der Waals surface area contributed by atoms with Crippen molar-refractivity contribution in [1.82, 2.24) is 19.5 Å². The number of halogens is 1. The maximum absolute atomic E-state index is 12.1. The van der Waals surface area contributed by atoms with Crippen molar-refractivity contribution in [2.24, 2.45) is 7.05 Å². The molecule has 20 heavy (non-hydrogen) atoms. The van der Waals surface area contributed by atoms with E-state index in [0.717, 1.165) is 0 Å². The standard InChI is InChI=1S/C11H13ClN4O3S/c1-16-7-13-11(15-16)5-14-20(18,19)9-3-2-8(6-17)10(12)4-9/h2-4,7,14,17H,5-6H2,1H3. The zero-order chi connectivity index (χ0) is 14.8. The van der Waals surface area contributed by atoms with Gasteiger partial charge in [-0.3, -0.25) is 4.68 Å². The number of rotatable bonds is 5.